The zero-order valence-corrected chi connectivity index (χ0v) is 9.02. The molecule has 0 aliphatic heterocycles. The van der Waals surface area contributed by atoms with Crippen LogP contribution in [0.5, 0.6) is 0 Å². The maximum absolute atomic E-state index is 13.1. The standard InChI is InChI=1S/C8H8F2O3S2/c1-14(7-5-3-2-4-6-7)8(9,10)15(11,12)13/h2-6H,1H2,(H,11,12,13)/p-1. The Hall–Kier alpha value is -0.790. The number of halogens is 2. The number of alkyl halides is 2. The topological polar surface area (TPSA) is 57.2 Å². The summed E-state index contributed by atoms with van der Waals surface area (Å²) in [7, 11) is -7.88. The SMILES string of the molecule is C=S(c1ccccc1)C(F)(F)S(=O)(=O)[O-]. The Kier molecular flexibility index (Phi) is 3.27. The second-order valence-electron chi connectivity index (χ2n) is 2.62. The Bertz CT molecular complexity index is 468. The smallest absolute Gasteiger partial charge is 0.381 e. The van der Waals surface area contributed by atoms with Crippen LogP contribution in [-0.4, -0.2) is 23.4 Å². The molecule has 1 rings (SSSR count). The van der Waals surface area contributed by atoms with E-state index in [9.17, 15) is 21.8 Å². The van der Waals surface area contributed by atoms with E-state index in [0.717, 1.165) is 0 Å². The van der Waals surface area contributed by atoms with Gasteiger partial charge < -0.3 is 4.55 Å². The summed E-state index contributed by atoms with van der Waals surface area (Å²) in [6.45, 7) is 0. The van der Waals surface area contributed by atoms with Crippen LogP contribution in [-0.2, 0) is 10.1 Å². The lowest BCUT2D eigenvalue weighted by molar-refractivity contribution is 0.178. The summed E-state index contributed by atoms with van der Waals surface area (Å²) in [4.78, 5) is 0.0296. The lowest BCUT2D eigenvalue weighted by Gasteiger charge is -2.22. The first-order chi connectivity index (χ1) is 6.77. The lowest BCUT2D eigenvalue weighted by Crippen LogP contribution is -2.25. The zero-order valence-electron chi connectivity index (χ0n) is 7.39. The Morgan fingerprint density at radius 3 is 2.13 bits per heavy atom. The van der Waals surface area contributed by atoms with Crippen LogP contribution in [0.15, 0.2) is 35.2 Å². The molecule has 0 bridgehead atoms. The van der Waals surface area contributed by atoms with Gasteiger partial charge in [0.25, 0.3) is 0 Å². The van der Waals surface area contributed by atoms with E-state index in [1.54, 1.807) is 6.07 Å². The van der Waals surface area contributed by atoms with Gasteiger partial charge in [0.05, 0.1) is 0 Å². The third-order valence-electron chi connectivity index (χ3n) is 1.61. The summed E-state index contributed by atoms with van der Waals surface area (Å²) >= 11 is 0. The molecule has 84 valence electrons. The van der Waals surface area contributed by atoms with E-state index in [1.165, 1.54) is 24.3 Å². The molecule has 1 atom stereocenters. The number of rotatable bonds is 3. The highest BCUT2D eigenvalue weighted by atomic mass is 32.3. The first kappa shape index (κ1) is 12.3. The predicted molar refractivity (Wildman–Crippen MR) is 54.1 cm³/mol. The molecule has 0 spiro atoms. The fraction of sp³-hybridized carbons (Fsp3) is 0.125. The van der Waals surface area contributed by atoms with Crippen LogP contribution in [0, 0.1) is 0 Å². The molecule has 7 heteroatoms. The molecule has 15 heavy (non-hydrogen) atoms. The van der Waals surface area contributed by atoms with Gasteiger partial charge in [0.2, 0.25) is 0 Å². The van der Waals surface area contributed by atoms with Gasteiger partial charge in [-0.2, -0.15) is 8.78 Å². The third-order valence-corrected chi connectivity index (χ3v) is 4.82. The van der Waals surface area contributed by atoms with Crippen LogP contribution in [0.1, 0.15) is 0 Å². The molecule has 0 aromatic heterocycles. The fourth-order valence-corrected chi connectivity index (χ4v) is 2.88. The van der Waals surface area contributed by atoms with Crippen molar-refractivity contribution in [1.82, 2.24) is 0 Å². The molecule has 1 aromatic carbocycles. The Labute approximate surface area is 88.4 Å². The molecule has 0 heterocycles. The van der Waals surface area contributed by atoms with Crippen molar-refractivity contribution in [1.29, 1.82) is 0 Å². The molecule has 0 aliphatic rings. The van der Waals surface area contributed by atoms with Crippen LogP contribution in [0.3, 0.4) is 0 Å². The molecule has 0 fully saturated rings. The highest BCUT2D eigenvalue weighted by Crippen LogP contribution is 2.44. The minimum atomic E-state index is -5.68. The average molecular weight is 253 g/mol. The largest absolute Gasteiger partial charge is 0.743 e. The van der Waals surface area contributed by atoms with Gasteiger partial charge in [-0.15, -0.1) is 0 Å². The van der Waals surface area contributed by atoms with Crippen molar-refractivity contribution in [2.75, 3.05) is 0 Å². The molecule has 0 aliphatic carbocycles. The summed E-state index contributed by atoms with van der Waals surface area (Å²) in [6.07, 6.45) is 0. The summed E-state index contributed by atoms with van der Waals surface area (Å²) in [5, 5.41) is 0. The molecule has 0 saturated heterocycles. The maximum atomic E-state index is 13.1. The quantitative estimate of drug-likeness (QED) is 0.610. The highest BCUT2D eigenvalue weighted by molar-refractivity contribution is 8.22. The molecule has 1 aromatic rings. The van der Waals surface area contributed by atoms with Gasteiger partial charge in [0, 0.05) is 4.90 Å². The fourth-order valence-electron chi connectivity index (χ4n) is 0.845. The molecule has 0 N–H and O–H groups in total. The van der Waals surface area contributed by atoms with Crippen LogP contribution in [0.4, 0.5) is 8.78 Å². The molecule has 3 nitrogen and oxygen atoms in total. The molecular formula is C8H7F2O3S2-. The van der Waals surface area contributed by atoms with Gasteiger partial charge >= 0.3 is 4.59 Å². The van der Waals surface area contributed by atoms with E-state index in [4.69, 9.17) is 0 Å². The Morgan fingerprint density at radius 1 is 1.27 bits per heavy atom. The van der Waals surface area contributed by atoms with E-state index >= 15 is 0 Å². The van der Waals surface area contributed by atoms with Crippen LogP contribution in [0.2, 0.25) is 0 Å². The van der Waals surface area contributed by atoms with Gasteiger partial charge in [0.15, 0.2) is 10.1 Å². The number of hydrogen-bond donors (Lipinski definition) is 0. The van der Waals surface area contributed by atoms with Crippen molar-refractivity contribution in [3.8, 4) is 0 Å². The second-order valence-corrected chi connectivity index (χ2v) is 6.07. The predicted octanol–water partition coefficient (Wildman–Crippen LogP) is 1.84. The van der Waals surface area contributed by atoms with Gasteiger partial charge in [-0.25, -0.2) is 8.42 Å². The minimum absolute atomic E-state index is 0.0296. The first-order valence-corrected chi connectivity index (χ1v) is 6.49. The molecule has 1 unspecified atom stereocenters. The summed E-state index contributed by atoms with van der Waals surface area (Å²) in [6, 6.07) is 7.12. The van der Waals surface area contributed by atoms with E-state index in [-0.39, 0.29) is 4.90 Å². The van der Waals surface area contributed by atoms with Crippen molar-refractivity contribution < 1.29 is 21.8 Å². The Morgan fingerprint density at radius 2 is 1.73 bits per heavy atom. The van der Waals surface area contributed by atoms with Crippen LogP contribution in [0.25, 0.3) is 0 Å². The molecule has 0 saturated carbocycles. The van der Waals surface area contributed by atoms with Gasteiger partial charge in [-0.3, -0.25) is 0 Å². The molecule has 0 amide bonds. The zero-order chi connectivity index (χ0) is 11.7. The summed E-state index contributed by atoms with van der Waals surface area (Å²) < 4.78 is 52.7. The van der Waals surface area contributed by atoms with Gasteiger partial charge in [-0.1, -0.05) is 34.6 Å². The van der Waals surface area contributed by atoms with Crippen molar-refractivity contribution in [2.24, 2.45) is 0 Å². The monoisotopic (exact) mass is 253 g/mol. The number of hydrogen-bond acceptors (Lipinski definition) is 3. The normalized spacial score (nSPS) is 14.9. The van der Waals surface area contributed by atoms with Crippen molar-refractivity contribution >= 4 is 26.5 Å². The van der Waals surface area contributed by atoms with Crippen molar-refractivity contribution in [3.63, 3.8) is 0 Å². The number of benzene rings is 1. The van der Waals surface area contributed by atoms with Crippen LogP contribution < -0.4 is 0 Å². The van der Waals surface area contributed by atoms with Crippen molar-refractivity contribution in [3.05, 3.63) is 30.3 Å². The minimum Gasteiger partial charge on any atom is -0.743 e. The summed E-state index contributed by atoms with van der Waals surface area (Å²) in [5.74, 6) is 3.05. The molecule has 0 radical (unpaired) electrons. The maximum Gasteiger partial charge on any atom is 0.381 e. The van der Waals surface area contributed by atoms with Crippen molar-refractivity contribution in [2.45, 2.75) is 9.48 Å². The van der Waals surface area contributed by atoms with E-state index < -0.39 is 25.2 Å². The van der Waals surface area contributed by atoms with E-state index in [2.05, 4.69) is 5.87 Å². The third kappa shape index (κ3) is 2.42. The average Bonchev–Trinajstić information content (AvgIpc) is 2.16. The van der Waals surface area contributed by atoms with Crippen LogP contribution >= 0.6 is 10.5 Å². The Balaban J connectivity index is 3.17. The lowest BCUT2D eigenvalue weighted by atomic mass is 10.4. The highest BCUT2D eigenvalue weighted by Gasteiger charge is 2.40. The second kappa shape index (κ2) is 3.99. The van der Waals surface area contributed by atoms with E-state index in [0.29, 0.717) is 0 Å². The van der Waals surface area contributed by atoms with Gasteiger partial charge in [-0.05, 0) is 12.1 Å². The molecular weight excluding hydrogens is 246 g/mol. The first-order valence-electron chi connectivity index (χ1n) is 3.69. The van der Waals surface area contributed by atoms with E-state index in [1.807, 2.05) is 0 Å². The summed E-state index contributed by atoms with van der Waals surface area (Å²) in [5.41, 5.74) is 0. The van der Waals surface area contributed by atoms with Gasteiger partial charge in [0.1, 0.15) is 0 Å².